The summed E-state index contributed by atoms with van der Waals surface area (Å²) in [4.78, 5) is 17.4. The van der Waals surface area contributed by atoms with Gasteiger partial charge in [0.25, 0.3) is 5.91 Å². The van der Waals surface area contributed by atoms with Gasteiger partial charge in [0.15, 0.2) is 5.65 Å². The van der Waals surface area contributed by atoms with Crippen molar-refractivity contribution in [3.63, 3.8) is 0 Å². The van der Waals surface area contributed by atoms with E-state index in [0.29, 0.717) is 17.3 Å². The fourth-order valence-corrected chi connectivity index (χ4v) is 5.26. The number of para-hydroxylation sites is 1. The lowest BCUT2D eigenvalue weighted by atomic mass is 9.82. The van der Waals surface area contributed by atoms with Gasteiger partial charge in [0.1, 0.15) is 11.4 Å². The minimum Gasteiger partial charge on any atom is -0.490 e. The van der Waals surface area contributed by atoms with E-state index < -0.39 is 15.9 Å². The molecule has 1 amide bonds. The third-order valence-corrected chi connectivity index (χ3v) is 7.44. The summed E-state index contributed by atoms with van der Waals surface area (Å²) in [6.07, 6.45) is 7.82. The van der Waals surface area contributed by atoms with E-state index in [0.717, 1.165) is 68.0 Å². The molecule has 186 valence electrons. The van der Waals surface area contributed by atoms with Crippen LogP contribution in [0.5, 0.6) is 5.75 Å². The molecule has 9 nitrogen and oxygen atoms in total. The van der Waals surface area contributed by atoms with Gasteiger partial charge in [-0.15, -0.1) is 0 Å². The fraction of sp³-hybridized carbons (Fsp3) is 0.480. The van der Waals surface area contributed by atoms with Gasteiger partial charge in [0, 0.05) is 19.1 Å². The van der Waals surface area contributed by atoms with E-state index in [1.807, 2.05) is 35.1 Å². The molecule has 0 bridgehead atoms. The van der Waals surface area contributed by atoms with Crippen LogP contribution in [-0.4, -0.2) is 54.7 Å². The number of sulfonamides is 1. The van der Waals surface area contributed by atoms with Crippen LogP contribution < -0.4 is 9.46 Å². The number of aromatic nitrogens is 3. The molecular formula is C25H30N4O5S. The lowest BCUT2D eigenvalue weighted by Crippen LogP contribution is -2.30. The molecule has 0 unspecified atom stereocenters. The van der Waals surface area contributed by atoms with Gasteiger partial charge < -0.3 is 9.47 Å². The topological polar surface area (TPSA) is 112 Å². The number of carbonyl (C=O) groups excluding carboxylic acids is 1. The lowest BCUT2D eigenvalue weighted by Gasteiger charge is -2.29. The highest BCUT2D eigenvalue weighted by Gasteiger charge is 2.31. The maximum absolute atomic E-state index is 12.8. The number of amides is 1. The molecule has 0 saturated heterocycles. The smallest absolute Gasteiger partial charge is 0.283 e. The lowest BCUT2D eigenvalue weighted by molar-refractivity contribution is 0.0331. The molecule has 2 heterocycles. The summed E-state index contributed by atoms with van der Waals surface area (Å²) in [6, 6.07) is 11.2. The van der Waals surface area contributed by atoms with Gasteiger partial charge in [-0.25, -0.2) is 22.8 Å². The number of nitrogens with zero attached hydrogens (tertiary/aromatic N) is 3. The quantitative estimate of drug-likeness (QED) is 0.528. The first-order valence-electron chi connectivity index (χ1n) is 12.0. The number of ether oxygens (including phenoxy) is 2. The molecule has 2 fully saturated rings. The predicted molar refractivity (Wildman–Crippen MR) is 131 cm³/mol. The number of hydrogen-bond acceptors (Lipinski definition) is 7. The van der Waals surface area contributed by atoms with Crippen molar-refractivity contribution in [2.75, 3.05) is 13.4 Å². The maximum Gasteiger partial charge on any atom is 0.283 e. The van der Waals surface area contributed by atoms with Crippen LogP contribution in [-0.2, 0) is 14.8 Å². The van der Waals surface area contributed by atoms with Crippen LogP contribution in [0.25, 0.3) is 16.7 Å². The summed E-state index contributed by atoms with van der Waals surface area (Å²) in [7, 11) is -2.03. The Morgan fingerprint density at radius 1 is 1.06 bits per heavy atom. The highest BCUT2D eigenvalue weighted by molar-refractivity contribution is 7.89. The molecule has 1 aromatic carbocycles. The molecule has 2 saturated carbocycles. The molecular weight excluding hydrogens is 468 g/mol. The largest absolute Gasteiger partial charge is 0.490 e. The monoisotopic (exact) mass is 498 g/mol. The molecule has 0 radical (unpaired) electrons. The van der Waals surface area contributed by atoms with Crippen molar-refractivity contribution in [2.45, 2.75) is 63.1 Å². The van der Waals surface area contributed by atoms with Gasteiger partial charge >= 0.3 is 0 Å². The first-order chi connectivity index (χ1) is 16.8. The predicted octanol–water partition coefficient (Wildman–Crippen LogP) is 3.71. The molecule has 0 aliphatic heterocycles. The Kier molecular flexibility index (Phi) is 6.50. The third kappa shape index (κ3) is 5.04. The second-order valence-corrected chi connectivity index (χ2v) is 11.2. The Balaban J connectivity index is 1.64. The van der Waals surface area contributed by atoms with Crippen molar-refractivity contribution < 1.29 is 22.7 Å². The average Bonchev–Trinajstić information content (AvgIpc) is 3.17. The molecule has 35 heavy (non-hydrogen) atoms. The summed E-state index contributed by atoms with van der Waals surface area (Å²) < 4.78 is 39.3. The number of fused-ring (bicyclic) bond motifs is 1. The zero-order valence-corrected chi connectivity index (χ0v) is 20.8. The van der Waals surface area contributed by atoms with Crippen LogP contribution in [0.4, 0.5) is 0 Å². The van der Waals surface area contributed by atoms with Crippen molar-refractivity contribution >= 4 is 27.0 Å². The van der Waals surface area contributed by atoms with Crippen molar-refractivity contribution in [3.8, 4) is 11.4 Å². The number of benzene rings is 1. The van der Waals surface area contributed by atoms with Crippen LogP contribution in [0.3, 0.4) is 0 Å². The van der Waals surface area contributed by atoms with E-state index in [9.17, 15) is 13.2 Å². The van der Waals surface area contributed by atoms with Gasteiger partial charge in [0.2, 0.25) is 10.0 Å². The van der Waals surface area contributed by atoms with E-state index in [2.05, 4.69) is 4.98 Å². The number of hydrogen-bond donors (Lipinski definition) is 1. The Morgan fingerprint density at radius 3 is 2.34 bits per heavy atom. The van der Waals surface area contributed by atoms with Gasteiger partial charge in [-0.2, -0.15) is 5.10 Å². The number of pyridine rings is 1. The van der Waals surface area contributed by atoms with Crippen molar-refractivity contribution in [3.05, 3.63) is 47.8 Å². The van der Waals surface area contributed by atoms with Crippen molar-refractivity contribution in [2.24, 2.45) is 0 Å². The summed E-state index contributed by atoms with van der Waals surface area (Å²) in [5.41, 5.74) is 2.18. The number of methoxy groups -OCH3 is 1. The zero-order chi connectivity index (χ0) is 24.6. The van der Waals surface area contributed by atoms with E-state index in [-0.39, 0.29) is 17.9 Å². The van der Waals surface area contributed by atoms with Crippen LogP contribution in [0.15, 0.2) is 36.4 Å². The number of carbonyl (C=O) groups is 1. The molecule has 2 aliphatic carbocycles. The van der Waals surface area contributed by atoms with Gasteiger partial charge in [-0.1, -0.05) is 24.6 Å². The molecule has 2 aliphatic rings. The molecule has 0 spiro atoms. The molecule has 3 aromatic rings. The maximum atomic E-state index is 12.8. The third-order valence-electron chi connectivity index (χ3n) is 6.88. The van der Waals surface area contributed by atoms with Crippen molar-refractivity contribution in [1.29, 1.82) is 0 Å². The Bertz CT molecular complexity index is 1330. The standard InChI is InChI=1S/C25H30N4O5S/c1-33-18-11-13-19(14-12-18)34-21-15-20(25(30)28-35(2,31)32)26-24-22(21)23(16-7-6-8-16)27-29(24)17-9-4-3-5-10-17/h3-5,9-10,15-16,18-19H,6-8,11-14H2,1-2H3,(H,28,30). The molecule has 10 heteroatoms. The summed E-state index contributed by atoms with van der Waals surface area (Å²) in [6.45, 7) is 0. The molecule has 1 N–H and O–H groups in total. The Labute approximate surface area is 204 Å². The van der Waals surface area contributed by atoms with Crippen molar-refractivity contribution in [1.82, 2.24) is 19.5 Å². The molecule has 2 aromatic heterocycles. The zero-order valence-electron chi connectivity index (χ0n) is 19.9. The highest BCUT2D eigenvalue weighted by atomic mass is 32.2. The molecule has 0 atom stereocenters. The van der Waals surface area contributed by atoms with E-state index in [1.165, 1.54) is 0 Å². The first-order valence-corrected chi connectivity index (χ1v) is 13.9. The highest BCUT2D eigenvalue weighted by Crippen LogP contribution is 2.43. The fourth-order valence-electron chi connectivity index (χ4n) is 4.82. The Hall–Kier alpha value is -2.98. The van der Waals surface area contributed by atoms with Gasteiger partial charge in [-0.3, -0.25) is 4.79 Å². The van der Waals surface area contributed by atoms with Gasteiger partial charge in [0.05, 0.1) is 35.2 Å². The average molecular weight is 499 g/mol. The number of rotatable bonds is 7. The van der Waals surface area contributed by atoms with Crippen LogP contribution in [0.1, 0.15) is 67.0 Å². The minimum absolute atomic E-state index is 0.0271. The second kappa shape index (κ2) is 9.58. The van der Waals surface area contributed by atoms with Crippen LogP contribution in [0.2, 0.25) is 0 Å². The van der Waals surface area contributed by atoms with E-state index in [4.69, 9.17) is 14.6 Å². The van der Waals surface area contributed by atoms with Crippen LogP contribution in [0, 0.1) is 0 Å². The summed E-state index contributed by atoms with van der Waals surface area (Å²) in [5.74, 6) is 0.0264. The summed E-state index contributed by atoms with van der Waals surface area (Å²) in [5, 5.41) is 5.73. The minimum atomic E-state index is -3.76. The van der Waals surface area contributed by atoms with E-state index in [1.54, 1.807) is 17.9 Å². The first kappa shape index (κ1) is 23.7. The molecule has 5 rings (SSSR count). The van der Waals surface area contributed by atoms with Crippen LogP contribution >= 0.6 is 0 Å². The van der Waals surface area contributed by atoms with Gasteiger partial charge in [-0.05, 0) is 50.7 Å². The second-order valence-electron chi connectivity index (χ2n) is 9.42. The number of nitrogens with one attached hydrogen (secondary N) is 1. The van der Waals surface area contributed by atoms with E-state index >= 15 is 0 Å². The SMILES string of the molecule is COC1CCC(Oc2cc(C(=O)NS(C)(=O)=O)nc3c2c(C2CCC2)nn3-c2ccccc2)CC1. The normalized spacial score (nSPS) is 21.0. The Morgan fingerprint density at radius 2 is 1.74 bits per heavy atom. The summed E-state index contributed by atoms with van der Waals surface area (Å²) >= 11 is 0.